The average molecular weight is 1150 g/mol. The molecule has 0 bridgehead atoms. The van der Waals surface area contributed by atoms with Crippen LogP contribution in [0.2, 0.25) is 0 Å². The van der Waals surface area contributed by atoms with E-state index in [1.54, 1.807) is 17.8 Å². The molecule has 0 spiro atoms. The van der Waals surface area contributed by atoms with Crippen LogP contribution in [0.4, 0.5) is 17.1 Å². The number of nitriles is 1. The fourth-order valence-electron chi connectivity index (χ4n) is 12.5. The van der Waals surface area contributed by atoms with Crippen LogP contribution in [0.5, 0.6) is 5.75 Å². The van der Waals surface area contributed by atoms with Crippen molar-refractivity contribution in [3.05, 3.63) is 291 Å². The van der Waals surface area contributed by atoms with Gasteiger partial charge in [0.05, 0.1) is 50.4 Å². The first-order valence-electron chi connectivity index (χ1n) is 29.5. The predicted molar refractivity (Wildman–Crippen MR) is 362 cm³/mol. The molecular weight excluding hydrogens is 1100 g/mol. The molecule has 9 nitrogen and oxygen atoms in total. The summed E-state index contributed by atoms with van der Waals surface area (Å²) in [6.07, 6.45) is 0. The van der Waals surface area contributed by atoms with E-state index in [9.17, 15) is 10.4 Å². The van der Waals surface area contributed by atoms with Crippen molar-refractivity contribution in [1.82, 2.24) is 28.7 Å². The van der Waals surface area contributed by atoms with Crippen LogP contribution < -0.4 is 4.90 Å². The second-order valence-electron chi connectivity index (χ2n) is 21.2. The minimum Gasteiger partial charge on any atom is -0.506 e. The molecule has 88 heavy (non-hydrogen) atoms. The van der Waals surface area contributed by atoms with Crippen molar-refractivity contribution in [2.75, 3.05) is 4.90 Å². The van der Waals surface area contributed by atoms with Crippen LogP contribution in [-0.4, -0.2) is 33.8 Å². The zero-order valence-corrected chi connectivity index (χ0v) is 48.9. The van der Waals surface area contributed by atoms with Gasteiger partial charge in [0.25, 0.3) is 0 Å². The third-order valence-electron chi connectivity index (χ3n) is 16.2. The molecule has 16 aromatic rings. The highest BCUT2D eigenvalue weighted by Crippen LogP contribution is 2.51. The van der Waals surface area contributed by atoms with Crippen molar-refractivity contribution < 1.29 is 5.11 Å². The molecule has 16 rings (SSSR count). The Kier molecular flexibility index (Phi) is 13.6. The summed E-state index contributed by atoms with van der Waals surface area (Å²) < 4.78 is 7.38. The molecule has 4 aromatic heterocycles. The zero-order valence-electron chi connectivity index (χ0n) is 48.1. The summed E-state index contributed by atoms with van der Waals surface area (Å²) in [7, 11) is 0. The summed E-state index contributed by atoms with van der Waals surface area (Å²) in [5.74, 6) is 1.99. The maximum Gasteiger partial charge on any atom is 0.164 e. The molecule has 0 atom stereocenters. The van der Waals surface area contributed by atoms with E-state index >= 15 is 0 Å². The van der Waals surface area contributed by atoms with E-state index in [1.807, 2.05) is 135 Å². The number of para-hydroxylation sites is 6. The first-order chi connectivity index (χ1) is 43.5. The van der Waals surface area contributed by atoms with Gasteiger partial charge in [-0.15, -0.1) is 0 Å². The number of phenolic OH excluding ortho intramolecular Hbond substituents is 1. The van der Waals surface area contributed by atoms with E-state index < -0.39 is 0 Å². The number of rotatable bonds is 11. The Morgan fingerprint density at radius 3 is 1.14 bits per heavy atom. The standard InChI is InChI=1S/C76H48N8OS.C2H6/c77-48-49-32-44-58(45-33-49)86-59-46-42-57(43-47-59)84-65-29-15-12-26-62(65)70-72-68(61-25-11-14-28-64(61)83(72)56-40-38-54(39-41-56)81(53-22-8-3-9-23-53)66-30-16-17-31-67(66)85)71-69(73(70)84)60-24-10-13-27-63(60)82(71)55-36-34-52(35-37-55)76-79-74(50-18-4-1-5-19-50)78-75(80-76)51-20-6-2-7-21-51;1-2/h1-47,85H;1-2H3. The zero-order chi connectivity index (χ0) is 59.2. The van der Waals surface area contributed by atoms with Crippen LogP contribution in [0, 0.1) is 11.3 Å². The Labute approximate surface area is 512 Å². The minimum atomic E-state index is 0.190. The summed E-state index contributed by atoms with van der Waals surface area (Å²) in [5, 5.41) is 27.6. The molecule has 0 aliphatic rings. The molecule has 0 saturated carbocycles. The number of phenols is 1. The third-order valence-corrected chi connectivity index (χ3v) is 17.3. The Morgan fingerprint density at radius 2 is 0.705 bits per heavy atom. The van der Waals surface area contributed by atoms with Gasteiger partial charge in [-0.2, -0.15) is 5.26 Å². The van der Waals surface area contributed by atoms with Gasteiger partial charge in [0.2, 0.25) is 0 Å². The average Bonchev–Trinajstić information content (AvgIpc) is 1.52. The molecule has 0 aliphatic carbocycles. The van der Waals surface area contributed by atoms with E-state index in [4.69, 9.17) is 15.0 Å². The molecule has 0 aliphatic heterocycles. The fraction of sp³-hybridized carbons (Fsp3) is 0.0256. The van der Waals surface area contributed by atoms with Gasteiger partial charge in [-0.1, -0.05) is 171 Å². The minimum absolute atomic E-state index is 0.190. The highest BCUT2D eigenvalue weighted by atomic mass is 32.2. The van der Waals surface area contributed by atoms with Gasteiger partial charge in [0.1, 0.15) is 5.75 Å². The number of fused-ring (bicyclic) bond motifs is 12. The first-order valence-corrected chi connectivity index (χ1v) is 30.3. The van der Waals surface area contributed by atoms with Gasteiger partial charge in [-0.25, -0.2) is 15.0 Å². The number of benzene rings is 12. The van der Waals surface area contributed by atoms with Crippen molar-refractivity contribution in [1.29, 1.82) is 5.26 Å². The Hall–Kier alpha value is -11.5. The maximum absolute atomic E-state index is 11.3. The van der Waals surface area contributed by atoms with Crippen molar-refractivity contribution in [3.8, 4) is 63.0 Å². The van der Waals surface area contributed by atoms with Crippen molar-refractivity contribution in [2.45, 2.75) is 23.6 Å². The van der Waals surface area contributed by atoms with E-state index in [1.165, 1.54) is 0 Å². The second-order valence-corrected chi connectivity index (χ2v) is 22.4. The van der Waals surface area contributed by atoms with Gasteiger partial charge in [-0.3, -0.25) is 0 Å². The van der Waals surface area contributed by atoms with Crippen LogP contribution in [0.25, 0.3) is 117 Å². The Morgan fingerprint density at radius 1 is 0.364 bits per heavy atom. The number of hydrogen-bond donors (Lipinski definition) is 1. The molecule has 4 heterocycles. The topological polar surface area (TPSA) is 101 Å². The molecule has 10 heteroatoms. The molecule has 0 unspecified atom stereocenters. The van der Waals surface area contributed by atoms with Crippen LogP contribution in [0.3, 0.4) is 0 Å². The van der Waals surface area contributed by atoms with Gasteiger partial charge in [-0.05, 0) is 140 Å². The normalized spacial score (nSPS) is 11.4. The Bertz CT molecular complexity index is 5250. The lowest BCUT2D eigenvalue weighted by Crippen LogP contribution is -2.10. The monoisotopic (exact) mass is 1150 g/mol. The van der Waals surface area contributed by atoms with Crippen LogP contribution in [0.15, 0.2) is 295 Å². The lowest BCUT2D eigenvalue weighted by molar-refractivity contribution is 0.476. The second kappa shape index (κ2) is 22.5. The summed E-state index contributed by atoms with van der Waals surface area (Å²) >= 11 is 1.68. The van der Waals surface area contributed by atoms with Crippen molar-refractivity contribution in [2.24, 2.45) is 0 Å². The van der Waals surface area contributed by atoms with Crippen LogP contribution in [0.1, 0.15) is 19.4 Å². The summed E-state index contributed by atoms with van der Waals surface area (Å²) in [5.41, 5.74) is 15.3. The lowest BCUT2D eigenvalue weighted by atomic mass is 10.0. The molecule has 0 saturated heterocycles. The van der Waals surface area contributed by atoms with Gasteiger partial charge in [0.15, 0.2) is 17.5 Å². The lowest BCUT2D eigenvalue weighted by Gasteiger charge is -2.26. The number of aromatic hydroxyl groups is 1. The molecule has 0 radical (unpaired) electrons. The number of anilines is 3. The number of aromatic nitrogens is 6. The number of nitrogens with zero attached hydrogens (tertiary/aromatic N) is 8. The Balaban J connectivity index is 0.00000322. The third kappa shape index (κ3) is 9.08. The van der Waals surface area contributed by atoms with Gasteiger partial charge < -0.3 is 23.7 Å². The van der Waals surface area contributed by atoms with Gasteiger partial charge >= 0.3 is 0 Å². The van der Waals surface area contributed by atoms with E-state index in [0.717, 1.165) is 120 Å². The van der Waals surface area contributed by atoms with Crippen LogP contribution >= 0.6 is 11.8 Å². The fourth-order valence-corrected chi connectivity index (χ4v) is 13.3. The quantitative estimate of drug-likeness (QED) is 0.138. The van der Waals surface area contributed by atoms with Crippen molar-refractivity contribution >= 4 is 94.2 Å². The molecule has 12 aromatic carbocycles. The molecule has 1 N–H and O–H groups in total. The highest BCUT2D eigenvalue weighted by molar-refractivity contribution is 7.99. The SMILES string of the molecule is CC.N#Cc1ccc(Sc2ccc(-n3c4ccccc4c4c3c3c5ccccc5n(-c5ccc(-c6nc(-c7ccccc7)nc(-c7ccccc7)n6)cc5)c3c3c5ccccc5n(-c5ccc(N(c6ccccc6)c6ccccc6O)cc5)c43)cc2)cc1. The largest absolute Gasteiger partial charge is 0.506 e. The molecule has 0 fully saturated rings. The van der Waals surface area contributed by atoms with E-state index in [-0.39, 0.29) is 5.75 Å². The van der Waals surface area contributed by atoms with E-state index in [0.29, 0.717) is 28.7 Å². The highest BCUT2D eigenvalue weighted by Gasteiger charge is 2.29. The summed E-state index contributed by atoms with van der Waals surface area (Å²) in [4.78, 5) is 19.5. The summed E-state index contributed by atoms with van der Waals surface area (Å²) in [6.45, 7) is 4.00. The van der Waals surface area contributed by atoms with Crippen molar-refractivity contribution in [3.63, 3.8) is 0 Å². The summed E-state index contributed by atoms with van der Waals surface area (Å²) in [6, 6.07) is 101. The molecular formula is C78H54N8OS. The predicted octanol–water partition coefficient (Wildman–Crippen LogP) is 20.4. The maximum atomic E-state index is 11.3. The molecule has 0 amide bonds. The van der Waals surface area contributed by atoms with Gasteiger partial charge in [0, 0.05) is 87.2 Å². The number of hydrogen-bond acceptors (Lipinski definition) is 7. The first kappa shape index (κ1) is 53.2. The molecule has 418 valence electrons. The van der Waals surface area contributed by atoms with E-state index in [2.05, 4.69) is 182 Å². The smallest absolute Gasteiger partial charge is 0.164 e. The van der Waals surface area contributed by atoms with Crippen LogP contribution in [-0.2, 0) is 0 Å².